The van der Waals surface area contributed by atoms with Gasteiger partial charge in [0.2, 0.25) is 5.91 Å². The Kier molecular flexibility index (Phi) is 6.95. The van der Waals surface area contributed by atoms with Crippen LogP contribution in [0.4, 0.5) is 0 Å². The van der Waals surface area contributed by atoms with Crippen LogP contribution in [0.15, 0.2) is 24.3 Å². The fourth-order valence-corrected chi connectivity index (χ4v) is 4.48. The van der Waals surface area contributed by atoms with Gasteiger partial charge in [0.25, 0.3) is 0 Å². The highest BCUT2D eigenvalue weighted by atomic mass is 16.5. The van der Waals surface area contributed by atoms with Crippen LogP contribution in [0.2, 0.25) is 0 Å². The second-order valence-electron chi connectivity index (χ2n) is 8.02. The van der Waals surface area contributed by atoms with Crippen molar-refractivity contribution in [3.05, 3.63) is 29.8 Å². The Bertz CT molecular complexity index is 563. The molecule has 1 aromatic carbocycles. The largest absolute Gasteiger partial charge is 0.494 e. The predicted octanol–water partition coefficient (Wildman–Crippen LogP) is 3.85. The molecule has 144 valence electrons. The predicted molar refractivity (Wildman–Crippen MR) is 103 cm³/mol. The maximum Gasteiger partial charge on any atom is 0.223 e. The highest BCUT2D eigenvalue weighted by molar-refractivity contribution is 5.79. The van der Waals surface area contributed by atoms with Gasteiger partial charge >= 0.3 is 0 Å². The quantitative estimate of drug-likeness (QED) is 0.811. The van der Waals surface area contributed by atoms with Gasteiger partial charge in [-0.3, -0.25) is 4.79 Å². The van der Waals surface area contributed by atoms with E-state index in [1.807, 2.05) is 19.1 Å². The molecule has 26 heavy (non-hydrogen) atoms. The minimum atomic E-state index is -0.170. The summed E-state index contributed by atoms with van der Waals surface area (Å²) in [7, 11) is 0. The number of aliphatic hydroxyl groups excluding tert-OH is 1. The Morgan fingerprint density at radius 1 is 1.12 bits per heavy atom. The molecule has 0 saturated heterocycles. The molecule has 1 aromatic rings. The van der Waals surface area contributed by atoms with Crippen LogP contribution in [0, 0.1) is 11.8 Å². The summed E-state index contributed by atoms with van der Waals surface area (Å²) in [6.45, 7) is 2.69. The van der Waals surface area contributed by atoms with E-state index in [2.05, 4.69) is 17.4 Å². The third-order valence-electron chi connectivity index (χ3n) is 5.96. The SMILES string of the molecule is CCOc1ccc(CC2CCCC(C(=O)NC3CCC(O)CC3)C2)cc1. The van der Waals surface area contributed by atoms with E-state index in [4.69, 9.17) is 4.74 Å². The van der Waals surface area contributed by atoms with Crippen molar-refractivity contribution >= 4 is 5.91 Å². The van der Waals surface area contributed by atoms with Gasteiger partial charge in [0.1, 0.15) is 5.75 Å². The molecule has 2 atom stereocenters. The second kappa shape index (κ2) is 9.40. The Balaban J connectivity index is 1.48. The average Bonchev–Trinajstić information content (AvgIpc) is 2.66. The molecular weight excluding hydrogens is 326 g/mol. The number of carbonyl (C=O) groups is 1. The molecule has 2 aliphatic rings. The summed E-state index contributed by atoms with van der Waals surface area (Å²) in [5.74, 6) is 1.91. The lowest BCUT2D eigenvalue weighted by Gasteiger charge is -2.31. The van der Waals surface area contributed by atoms with Crippen molar-refractivity contribution in [1.29, 1.82) is 0 Å². The van der Waals surface area contributed by atoms with Crippen LogP contribution in [-0.4, -0.2) is 29.8 Å². The van der Waals surface area contributed by atoms with Crippen LogP contribution in [0.25, 0.3) is 0 Å². The van der Waals surface area contributed by atoms with E-state index in [1.54, 1.807) is 0 Å². The Labute approximate surface area is 157 Å². The first-order valence-electron chi connectivity index (χ1n) is 10.3. The van der Waals surface area contributed by atoms with E-state index in [-0.39, 0.29) is 24.0 Å². The number of hydrogen-bond acceptors (Lipinski definition) is 3. The lowest BCUT2D eigenvalue weighted by atomic mass is 9.78. The monoisotopic (exact) mass is 359 g/mol. The Morgan fingerprint density at radius 2 is 1.85 bits per heavy atom. The molecule has 2 unspecified atom stereocenters. The number of amides is 1. The number of hydrogen-bond donors (Lipinski definition) is 2. The van der Waals surface area contributed by atoms with Crippen molar-refractivity contribution in [1.82, 2.24) is 5.32 Å². The molecule has 0 aliphatic heterocycles. The zero-order chi connectivity index (χ0) is 18.4. The molecule has 4 heteroatoms. The summed E-state index contributed by atoms with van der Waals surface area (Å²) in [6, 6.07) is 8.66. The molecule has 2 saturated carbocycles. The van der Waals surface area contributed by atoms with E-state index >= 15 is 0 Å². The number of rotatable bonds is 6. The number of aliphatic hydroxyl groups is 1. The summed E-state index contributed by atoms with van der Waals surface area (Å²) in [6.07, 6.45) is 8.70. The van der Waals surface area contributed by atoms with Crippen molar-refractivity contribution in [3.8, 4) is 5.75 Å². The molecule has 0 radical (unpaired) electrons. The minimum Gasteiger partial charge on any atom is -0.494 e. The van der Waals surface area contributed by atoms with E-state index in [0.717, 1.165) is 57.1 Å². The van der Waals surface area contributed by atoms with Crippen molar-refractivity contribution in [2.45, 2.75) is 76.9 Å². The number of nitrogens with one attached hydrogen (secondary N) is 1. The van der Waals surface area contributed by atoms with Crippen LogP contribution < -0.4 is 10.1 Å². The fourth-order valence-electron chi connectivity index (χ4n) is 4.48. The first-order chi connectivity index (χ1) is 12.6. The smallest absolute Gasteiger partial charge is 0.223 e. The van der Waals surface area contributed by atoms with Crippen LogP contribution in [0.1, 0.15) is 63.9 Å². The summed E-state index contributed by atoms with van der Waals surface area (Å²) in [5.41, 5.74) is 1.33. The Hall–Kier alpha value is -1.55. The molecule has 0 aromatic heterocycles. The van der Waals surface area contributed by atoms with Crippen molar-refractivity contribution in [2.75, 3.05) is 6.61 Å². The molecule has 2 fully saturated rings. The average molecular weight is 360 g/mol. The topological polar surface area (TPSA) is 58.6 Å². The van der Waals surface area contributed by atoms with Crippen LogP contribution in [0.3, 0.4) is 0 Å². The van der Waals surface area contributed by atoms with E-state index < -0.39 is 0 Å². The van der Waals surface area contributed by atoms with Gasteiger partial charge in [-0.25, -0.2) is 0 Å². The van der Waals surface area contributed by atoms with E-state index in [0.29, 0.717) is 12.5 Å². The van der Waals surface area contributed by atoms with Gasteiger partial charge in [-0.15, -0.1) is 0 Å². The summed E-state index contributed by atoms with van der Waals surface area (Å²) >= 11 is 0. The lowest BCUT2D eigenvalue weighted by Crippen LogP contribution is -2.42. The molecular formula is C22H33NO3. The zero-order valence-corrected chi connectivity index (χ0v) is 16.0. The standard InChI is InChI=1S/C22H33NO3/c1-2-26-21-12-6-16(7-13-21)14-17-4-3-5-18(15-17)22(25)23-19-8-10-20(24)11-9-19/h6-7,12-13,17-20,24H,2-5,8-11,14-15H2,1H3,(H,23,25). The number of ether oxygens (including phenoxy) is 1. The maximum absolute atomic E-state index is 12.7. The zero-order valence-electron chi connectivity index (χ0n) is 16.0. The summed E-state index contributed by atoms with van der Waals surface area (Å²) < 4.78 is 5.51. The fraction of sp³-hybridized carbons (Fsp3) is 0.682. The summed E-state index contributed by atoms with van der Waals surface area (Å²) in [4.78, 5) is 12.7. The highest BCUT2D eigenvalue weighted by Crippen LogP contribution is 2.32. The molecule has 2 N–H and O–H groups in total. The molecule has 4 nitrogen and oxygen atoms in total. The molecule has 2 aliphatic carbocycles. The second-order valence-corrected chi connectivity index (χ2v) is 8.02. The van der Waals surface area contributed by atoms with Crippen LogP contribution in [-0.2, 0) is 11.2 Å². The number of benzene rings is 1. The third-order valence-corrected chi connectivity index (χ3v) is 5.96. The van der Waals surface area contributed by atoms with Crippen molar-refractivity contribution in [3.63, 3.8) is 0 Å². The molecule has 0 spiro atoms. The normalized spacial score (nSPS) is 29.2. The third kappa shape index (κ3) is 5.47. The molecule has 0 bridgehead atoms. The van der Waals surface area contributed by atoms with Crippen LogP contribution in [0.5, 0.6) is 5.75 Å². The highest BCUT2D eigenvalue weighted by Gasteiger charge is 2.29. The molecule has 0 heterocycles. The first kappa shape index (κ1) is 19.2. The van der Waals surface area contributed by atoms with E-state index in [9.17, 15) is 9.90 Å². The Morgan fingerprint density at radius 3 is 2.54 bits per heavy atom. The number of carbonyl (C=O) groups excluding carboxylic acids is 1. The molecule has 1 amide bonds. The van der Waals surface area contributed by atoms with Crippen LogP contribution >= 0.6 is 0 Å². The van der Waals surface area contributed by atoms with Crippen molar-refractivity contribution in [2.24, 2.45) is 11.8 Å². The first-order valence-corrected chi connectivity index (χ1v) is 10.3. The lowest BCUT2D eigenvalue weighted by molar-refractivity contribution is -0.127. The van der Waals surface area contributed by atoms with Gasteiger partial charge in [-0.05, 0) is 75.5 Å². The minimum absolute atomic E-state index is 0.156. The van der Waals surface area contributed by atoms with Gasteiger partial charge in [0.05, 0.1) is 12.7 Å². The summed E-state index contributed by atoms with van der Waals surface area (Å²) in [5, 5.41) is 12.9. The van der Waals surface area contributed by atoms with Gasteiger partial charge in [0.15, 0.2) is 0 Å². The molecule has 3 rings (SSSR count). The van der Waals surface area contributed by atoms with Gasteiger partial charge in [0, 0.05) is 12.0 Å². The van der Waals surface area contributed by atoms with Gasteiger partial charge in [-0.1, -0.05) is 25.0 Å². The van der Waals surface area contributed by atoms with Crippen molar-refractivity contribution < 1.29 is 14.6 Å². The maximum atomic E-state index is 12.7. The van der Waals surface area contributed by atoms with E-state index in [1.165, 1.54) is 12.0 Å². The van der Waals surface area contributed by atoms with Gasteiger partial charge in [-0.2, -0.15) is 0 Å². The van der Waals surface area contributed by atoms with Gasteiger partial charge < -0.3 is 15.2 Å².